The third-order valence-corrected chi connectivity index (χ3v) is 4.49. The average molecular weight is 283 g/mol. The molecule has 1 saturated carbocycles. The van der Waals surface area contributed by atoms with E-state index in [1.165, 1.54) is 37.7 Å². The Morgan fingerprint density at radius 3 is 2.48 bits per heavy atom. The van der Waals surface area contributed by atoms with Crippen molar-refractivity contribution in [3.05, 3.63) is 48.0 Å². The highest BCUT2D eigenvalue weighted by atomic mass is 16.5. The van der Waals surface area contributed by atoms with Crippen molar-refractivity contribution in [1.82, 2.24) is 0 Å². The Balaban J connectivity index is 1.70. The number of hydrogen-bond acceptors (Lipinski definition) is 2. The second-order valence-corrected chi connectivity index (χ2v) is 5.93. The van der Waals surface area contributed by atoms with Crippen molar-refractivity contribution in [3.63, 3.8) is 0 Å². The van der Waals surface area contributed by atoms with E-state index in [-0.39, 0.29) is 0 Å². The van der Waals surface area contributed by atoms with Crippen molar-refractivity contribution in [1.29, 1.82) is 5.26 Å². The Morgan fingerprint density at radius 1 is 1.14 bits per heavy atom. The molecule has 0 bridgehead atoms. The quantitative estimate of drug-likeness (QED) is 0.531. The maximum absolute atomic E-state index is 8.84. The van der Waals surface area contributed by atoms with Crippen LogP contribution < -0.4 is 0 Å². The summed E-state index contributed by atoms with van der Waals surface area (Å²) < 4.78 is 5.61. The average Bonchev–Trinajstić information content (AvgIpc) is 2.55. The number of rotatable bonds is 7. The number of hydrogen-bond donors (Lipinski definition) is 0. The Hall–Kier alpha value is -1.59. The predicted octanol–water partition coefficient (Wildman–Crippen LogP) is 4.81. The van der Waals surface area contributed by atoms with Gasteiger partial charge < -0.3 is 4.74 Å². The van der Waals surface area contributed by atoms with E-state index in [1.807, 2.05) is 18.2 Å². The summed E-state index contributed by atoms with van der Waals surface area (Å²) in [6, 6.07) is 10.3. The predicted molar refractivity (Wildman–Crippen MR) is 86.1 cm³/mol. The molecule has 1 aromatic rings. The van der Waals surface area contributed by atoms with Crippen LogP contribution in [0.5, 0.6) is 0 Å². The molecule has 0 heterocycles. The van der Waals surface area contributed by atoms with Gasteiger partial charge in [-0.1, -0.05) is 18.2 Å². The largest absolute Gasteiger partial charge is 0.381 e. The first-order chi connectivity index (χ1) is 10.3. The van der Waals surface area contributed by atoms with Gasteiger partial charge in [-0.3, -0.25) is 0 Å². The Labute approximate surface area is 128 Å². The zero-order valence-electron chi connectivity index (χ0n) is 12.8. The number of nitriles is 1. The molecule has 1 aliphatic rings. The van der Waals surface area contributed by atoms with E-state index in [1.54, 1.807) is 0 Å². The second kappa shape index (κ2) is 8.64. The lowest BCUT2D eigenvalue weighted by Gasteiger charge is -2.28. The molecule has 1 aromatic carbocycles. The molecule has 2 rings (SSSR count). The molecular weight excluding hydrogens is 258 g/mol. The van der Waals surface area contributed by atoms with Gasteiger partial charge in [-0.25, -0.2) is 0 Å². The lowest BCUT2D eigenvalue weighted by atomic mass is 9.77. The molecule has 1 aliphatic carbocycles. The number of nitrogens with zero attached hydrogens (tertiary/aromatic N) is 1. The van der Waals surface area contributed by atoms with Crippen LogP contribution in [0, 0.1) is 17.2 Å². The van der Waals surface area contributed by atoms with Gasteiger partial charge in [0.2, 0.25) is 0 Å². The minimum Gasteiger partial charge on any atom is -0.381 e. The summed E-state index contributed by atoms with van der Waals surface area (Å²) in [4.78, 5) is 0. The van der Waals surface area contributed by atoms with Crippen LogP contribution in [-0.2, 0) is 4.74 Å². The molecule has 0 radical (unpaired) electrons. The number of benzene rings is 1. The van der Waals surface area contributed by atoms with Gasteiger partial charge in [0, 0.05) is 13.2 Å². The molecule has 21 heavy (non-hydrogen) atoms. The lowest BCUT2D eigenvalue weighted by Crippen LogP contribution is -2.15. The molecule has 0 aliphatic heterocycles. The highest BCUT2D eigenvalue weighted by Gasteiger charge is 2.22. The number of ether oxygens (including phenoxy) is 1. The Kier molecular flexibility index (Phi) is 6.50. The van der Waals surface area contributed by atoms with Crippen LogP contribution in [-0.4, -0.2) is 13.2 Å². The van der Waals surface area contributed by atoms with Crippen molar-refractivity contribution >= 4 is 0 Å². The first-order valence-electron chi connectivity index (χ1n) is 8.02. The fraction of sp³-hybridized carbons (Fsp3) is 0.526. The third kappa shape index (κ3) is 5.02. The van der Waals surface area contributed by atoms with Crippen LogP contribution in [0.4, 0.5) is 0 Å². The lowest BCUT2D eigenvalue weighted by molar-refractivity contribution is 0.116. The topological polar surface area (TPSA) is 33.0 Å². The zero-order chi connectivity index (χ0) is 14.9. The zero-order valence-corrected chi connectivity index (χ0v) is 12.8. The van der Waals surface area contributed by atoms with Crippen molar-refractivity contribution in [2.45, 2.75) is 44.4 Å². The van der Waals surface area contributed by atoms with Gasteiger partial charge in [-0.2, -0.15) is 5.26 Å². The Morgan fingerprint density at radius 2 is 1.86 bits per heavy atom. The van der Waals surface area contributed by atoms with Gasteiger partial charge in [0.15, 0.2) is 0 Å². The van der Waals surface area contributed by atoms with E-state index in [4.69, 9.17) is 10.00 Å². The van der Waals surface area contributed by atoms with Crippen LogP contribution >= 0.6 is 0 Å². The minimum absolute atomic E-state index is 0.677. The molecule has 0 aromatic heterocycles. The SMILES string of the molecule is C=CCCOCC[C@H]1CC[C@H](c2ccc(C#N)cc2)CC1. The summed E-state index contributed by atoms with van der Waals surface area (Å²) in [7, 11) is 0. The molecular formula is C19H25NO. The summed E-state index contributed by atoms with van der Waals surface area (Å²) in [6.45, 7) is 5.40. The molecule has 0 unspecified atom stereocenters. The van der Waals surface area contributed by atoms with Crippen molar-refractivity contribution < 1.29 is 4.74 Å². The normalized spacial score (nSPS) is 21.7. The summed E-state index contributed by atoms with van der Waals surface area (Å²) >= 11 is 0. The van der Waals surface area contributed by atoms with Gasteiger partial charge in [-0.15, -0.1) is 6.58 Å². The van der Waals surface area contributed by atoms with Crippen LogP contribution in [0.2, 0.25) is 0 Å². The van der Waals surface area contributed by atoms with E-state index in [0.29, 0.717) is 5.92 Å². The molecule has 0 amide bonds. The van der Waals surface area contributed by atoms with Crippen molar-refractivity contribution in [2.24, 2.45) is 5.92 Å². The molecule has 2 nitrogen and oxygen atoms in total. The van der Waals surface area contributed by atoms with Crippen molar-refractivity contribution in [3.8, 4) is 6.07 Å². The molecule has 2 heteroatoms. The Bertz CT molecular complexity index is 463. The van der Waals surface area contributed by atoms with Gasteiger partial charge in [-0.05, 0) is 68.1 Å². The van der Waals surface area contributed by atoms with Crippen molar-refractivity contribution in [2.75, 3.05) is 13.2 Å². The first kappa shape index (κ1) is 15.8. The summed E-state index contributed by atoms with van der Waals surface area (Å²) in [5.74, 6) is 1.50. The summed E-state index contributed by atoms with van der Waals surface area (Å²) in [6.07, 6.45) is 9.18. The van der Waals surface area contributed by atoms with Crippen LogP contribution in [0.25, 0.3) is 0 Å². The summed E-state index contributed by atoms with van der Waals surface area (Å²) in [5.41, 5.74) is 2.15. The molecule has 0 spiro atoms. The highest BCUT2D eigenvalue weighted by molar-refractivity contribution is 5.33. The molecule has 112 valence electrons. The fourth-order valence-electron chi connectivity index (χ4n) is 3.13. The third-order valence-electron chi connectivity index (χ3n) is 4.49. The smallest absolute Gasteiger partial charge is 0.0991 e. The maximum Gasteiger partial charge on any atom is 0.0991 e. The minimum atomic E-state index is 0.677. The van der Waals surface area contributed by atoms with E-state index in [9.17, 15) is 0 Å². The van der Waals surface area contributed by atoms with E-state index in [2.05, 4.69) is 24.8 Å². The van der Waals surface area contributed by atoms with Gasteiger partial charge in [0.05, 0.1) is 11.6 Å². The van der Waals surface area contributed by atoms with Gasteiger partial charge in [0.25, 0.3) is 0 Å². The first-order valence-corrected chi connectivity index (χ1v) is 8.02. The van der Waals surface area contributed by atoms with Crippen LogP contribution in [0.3, 0.4) is 0 Å². The van der Waals surface area contributed by atoms with Gasteiger partial charge >= 0.3 is 0 Å². The van der Waals surface area contributed by atoms with Crippen LogP contribution in [0.1, 0.15) is 55.6 Å². The second-order valence-electron chi connectivity index (χ2n) is 5.93. The van der Waals surface area contributed by atoms with Crippen LogP contribution in [0.15, 0.2) is 36.9 Å². The van der Waals surface area contributed by atoms with E-state index in [0.717, 1.165) is 31.1 Å². The van der Waals surface area contributed by atoms with Gasteiger partial charge in [0.1, 0.15) is 0 Å². The fourth-order valence-corrected chi connectivity index (χ4v) is 3.13. The maximum atomic E-state index is 8.84. The molecule has 0 atom stereocenters. The van der Waals surface area contributed by atoms with E-state index < -0.39 is 0 Å². The molecule has 1 fully saturated rings. The monoisotopic (exact) mass is 283 g/mol. The summed E-state index contributed by atoms with van der Waals surface area (Å²) in [5, 5.41) is 8.84. The highest BCUT2D eigenvalue weighted by Crippen LogP contribution is 2.37. The van der Waals surface area contributed by atoms with E-state index >= 15 is 0 Å². The standard InChI is InChI=1S/C19H25NO/c1-2-3-13-21-14-12-16-4-8-18(9-5-16)19-10-6-17(15-20)7-11-19/h2,6-7,10-11,16,18H,1,3-5,8-9,12-14H2/t16-,18-. The molecule has 0 saturated heterocycles. The molecule has 0 N–H and O–H groups in total.